The third-order valence-electron chi connectivity index (χ3n) is 5.30. The van der Waals surface area contributed by atoms with Crippen LogP contribution in [0.15, 0.2) is 33.5 Å². The van der Waals surface area contributed by atoms with Crippen LogP contribution >= 0.6 is 27.5 Å². The van der Waals surface area contributed by atoms with Gasteiger partial charge >= 0.3 is 5.69 Å². The molecule has 2 aromatic carbocycles. The van der Waals surface area contributed by atoms with Gasteiger partial charge in [0.2, 0.25) is 0 Å². The highest BCUT2D eigenvalue weighted by molar-refractivity contribution is 9.10. The van der Waals surface area contributed by atoms with Crippen molar-refractivity contribution in [1.29, 1.82) is 5.26 Å². The zero-order valence-corrected chi connectivity index (χ0v) is 22.5. The van der Waals surface area contributed by atoms with Crippen molar-refractivity contribution < 1.29 is 22.7 Å². The first-order chi connectivity index (χ1) is 16.4. The largest absolute Gasteiger partial charge is 0.361 e. The molecule has 0 radical (unpaired) electrons. The second-order valence-electron chi connectivity index (χ2n) is 9.10. The fraction of sp³-hybridized carbons (Fsp3) is 0.348. The first kappa shape index (κ1) is 27.2. The van der Waals surface area contributed by atoms with Crippen LogP contribution in [0.1, 0.15) is 21.5 Å². The van der Waals surface area contributed by atoms with E-state index in [4.69, 9.17) is 16.3 Å². The molecular formula is C23H22BrClF3N3O3Si. The molecule has 0 spiro atoms. The van der Waals surface area contributed by atoms with Crippen molar-refractivity contribution in [3.63, 3.8) is 0 Å². The Morgan fingerprint density at radius 2 is 1.94 bits per heavy atom. The lowest BCUT2D eigenvalue weighted by atomic mass is 9.97. The summed E-state index contributed by atoms with van der Waals surface area (Å²) in [6.07, 6.45) is -2.84. The lowest BCUT2D eigenvalue weighted by molar-refractivity contribution is 0.0854. The van der Waals surface area contributed by atoms with Crippen LogP contribution in [0.2, 0.25) is 30.7 Å². The lowest BCUT2D eigenvalue weighted by Crippen LogP contribution is -2.28. The van der Waals surface area contributed by atoms with Crippen LogP contribution in [0.3, 0.4) is 0 Å². The van der Waals surface area contributed by atoms with E-state index in [1.54, 1.807) is 0 Å². The molecule has 35 heavy (non-hydrogen) atoms. The van der Waals surface area contributed by atoms with E-state index >= 15 is 0 Å². The van der Waals surface area contributed by atoms with E-state index in [0.29, 0.717) is 6.61 Å². The molecule has 0 saturated carbocycles. The van der Waals surface area contributed by atoms with Crippen LogP contribution in [-0.2, 0) is 18.0 Å². The molecular weight excluding hydrogens is 567 g/mol. The summed E-state index contributed by atoms with van der Waals surface area (Å²) in [6.45, 7) is 5.60. The third kappa shape index (κ3) is 5.89. The van der Waals surface area contributed by atoms with Crippen molar-refractivity contribution in [1.82, 2.24) is 9.13 Å². The van der Waals surface area contributed by atoms with E-state index in [9.17, 15) is 28.0 Å². The Kier molecular flexibility index (Phi) is 8.31. The molecule has 0 fully saturated rings. The summed E-state index contributed by atoms with van der Waals surface area (Å²) in [5.74, 6) is -1.47. The SMILES string of the molecule is C[Si](C)(C)CCOCn1c(=O)n(CC(F)F)c2cc(Br)c(C(=O)c3cc(F)ccc3Cl)c(C#N)c21. The van der Waals surface area contributed by atoms with Crippen LogP contribution in [0, 0.1) is 17.1 Å². The number of rotatable bonds is 9. The molecule has 0 aliphatic carbocycles. The molecule has 1 heterocycles. The smallest absolute Gasteiger partial charge is 0.331 e. The number of carbonyl (C=O) groups excluding carboxylic acids is 1. The summed E-state index contributed by atoms with van der Waals surface area (Å²) in [6, 6.07) is 7.28. The average Bonchev–Trinajstić information content (AvgIpc) is 3.01. The quantitative estimate of drug-likeness (QED) is 0.174. The van der Waals surface area contributed by atoms with Gasteiger partial charge in [-0.2, -0.15) is 5.26 Å². The van der Waals surface area contributed by atoms with Gasteiger partial charge in [-0.25, -0.2) is 18.0 Å². The minimum absolute atomic E-state index is 0.0229. The normalized spacial score (nSPS) is 11.9. The van der Waals surface area contributed by atoms with Gasteiger partial charge in [-0.05, 0) is 46.2 Å². The van der Waals surface area contributed by atoms with Crippen LogP contribution in [0.4, 0.5) is 13.2 Å². The van der Waals surface area contributed by atoms with E-state index in [1.165, 1.54) is 12.1 Å². The number of fused-ring (bicyclic) bond motifs is 1. The highest BCUT2D eigenvalue weighted by atomic mass is 79.9. The van der Waals surface area contributed by atoms with Crippen molar-refractivity contribution in [2.45, 2.75) is 45.4 Å². The summed E-state index contributed by atoms with van der Waals surface area (Å²) < 4.78 is 48.1. The van der Waals surface area contributed by atoms with Crippen molar-refractivity contribution in [2.75, 3.05) is 6.61 Å². The molecule has 6 nitrogen and oxygen atoms in total. The number of hydrogen-bond donors (Lipinski definition) is 0. The summed E-state index contributed by atoms with van der Waals surface area (Å²) in [7, 11) is -1.44. The van der Waals surface area contributed by atoms with E-state index in [2.05, 4.69) is 35.6 Å². The molecule has 3 aromatic rings. The second kappa shape index (κ2) is 10.7. The van der Waals surface area contributed by atoms with E-state index in [-0.39, 0.29) is 43.9 Å². The van der Waals surface area contributed by atoms with Gasteiger partial charge in [-0.1, -0.05) is 31.2 Å². The summed E-state index contributed by atoms with van der Waals surface area (Å²) in [5, 5.41) is 9.97. The molecule has 3 rings (SSSR count). The zero-order chi connectivity index (χ0) is 26.1. The van der Waals surface area contributed by atoms with Crippen LogP contribution in [0.25, 0.3) is 11.0 Å². The molecule has 0 amide bonds. The van der Waals surface area contributed by atoms with Gasteiger partial charge in [0.05, 0.1) is 33.7 Å². The topological polar surface area (TPSA) is 77.0 Å². The number of alkyl halides is 2. The predicted molar refractivity (Wildman–Crippen MR) is 134 cm³/mol. The molecule has 0 aliphatic rings. The molecule has 0 atom stereocenters. The second-order valence-corrected chi connectivity index (χ2v) is 16.0. The lowest BCUT2D eigenvalue weighted by Gasteiger charge is -2.16. The number of carbonyl (C=O) groups is 1. The van der Waals surface area contributed by atoms with Gasteiger partial charge in [0, 0.05) is 24.7 Å². The number of ketones is 1. The number of halogens is 5. The Morgan fingerprint density at radius 1 is 1.26 bits per heavy atom. The molecule has 12 heteroatoms. The molecule has 0 bridgehead atoms. The Balaban J connectivity index is 2.24. The fourth-order valence-electron chi connectivity index (χ4n) is 3.56. The number of hydrogen-bond acceptors (Lipinski definition) is 4. The predicted octanol–water partition coefficient (Wildman–Crippen LogP) is 6.04. The van der Waals surface area contributed by atoms with E-state index in [0.717, 1.165) is 27.3 Å². The van der Waals surface area contributed by atoms with Crippen LogP contribution in [0.5, 0.6) is 0 Å². The van der Waals surface area contributed by atoms with Crippen LogP contribution in [-0.4, -0.2) is 36.0 Å². The minimum atomic E-state index is -2.84. The van der Waals surface area contributed by atoms with Crippen molar-refractivity contribution >= 4 is 52.4 Å². The van der Waals surface area contributed by atoms with Gasteiger partial charge in [0.25, 0.3) is 6.43 Å². The number of imidazole rings is 1. The molecule has 0 N–H and O–H groups in total. The van der Waals surface area contributed by atoms with Crippen LogP contribution < -0.4 is 5.69 Å². The molecule has 0 aliphatic heterocycles. The summed E-state index contributed by atoms with van der Waals surface area (Å²) >= 11 is 9.32. The summed E-state index contributed by atoms with van der Waals surface area (Å²) in [4.78, 5) is 26.4. The Bertz CT molecular complexity index is 1390. The average molecular weight is 589 g/mol. The standard InChI is InChI=1S/C23H22BrClF3N3O3Si/c1-35(2,3)7-6-34-12-31-21-15(10-29)20(22(32)14-8-13(26)4-5-17(14)25)16(24)9-18(21)30(23(31)33)11-19(27)28/h4-5,8-9,19H,6-7,11-12H2,1-3H3. The third-order valence-corrected chi connectivity index (χ3v) is 7.96. The molecule has 186 valence electrons. The first-order valence-corrected chi connectivity index (χ1v) is 15.4. The number of nitrogens with zero attached hydrogens (tertiary/aromatic N) is 3. The van der Waals surface area contributed by atoms with Crippen molar-refractivity contribution in [3.05, 3.63) is 66.8 Å². The number of benzene rings is 2. The number of ether oxygens (including phenoxy) is 1. The van der Waals surface area contributed by atoms with E-state index in [1.807, 2.05) is 6.07 Å². The highest BCUT2D eigenvalue weighted by Crippen LogP contribution is 2.33. The molecule has 0 saturated heterocycles. The number of aromatic nitrogens is 2. The van der Waals surface area contributed by atoms with Crippen molar-refractivity contribution in [3.8, 4) is 6.07 Å². The summed E-state index contributed by atoms with van der Waals surface area (Å²) in [5.41, 5.74) is -1.38. The molecule has 0 unspecified atom stereocenters. The van der Waals surface area contributed by atoms with Gasteiger partial charge in [0.1, 0.15) is 18.6 Å². The molecule has 1 aromatic heterocycles. The monoisotopic (exact) mass is 587 g/mol. The minimum Gasteiger partial charge on any atom is -0.361 e. The van der Waals surface area contributed by atoms with E-state index < -0.39 is 38.3 Å². The van der Waals surface area contributed by atoms with Gasteiger partial charge in [-0.3, -0.25) is 13.9 Å². The maximum Gasteiger partial charge on any atom is 0.331 e. The Hall–Kier alpha value is -2.39. The van der Waals surface area contributed by atoms with Gasteiger partial charge < -0.3 is 4.74 Å². The first-order valence-electron chi connectivity index (χ1n) is 10.6. The highest BCUT2D eigenvalue weighted by Gasteiger charge is 2.28. The van der Waals surface area contributed by atoms with Crippen molar-refractivity contribution in [2.24, 2.45) is 0 Å². The fourth-order valence-corrected chi connectivity index (χ4v) is 5.11. The van der Waals surface area contributed by atoms with Gasteiger partial charge in [-0.15, -0.1) is 0 Å². The number of nitriles is 1. The van der Waals surface area contributed by atoms with Gasteiger partial charge in [0.15, 0.2) is 5.78 Å². The maximum absolute atomic E-state index is 13.8. The Labute approximate surface area is 214 Å². The maximum atomic E-state index is 13.8. The Morgan fingerprint density at radius 3 is 2.54 bits per heavy atom. The zero-order valence-electron chi connectivity index (χ0n) is 19.2.